The fourth-order valence-corrected chi connectivity index (χ4v) is 3.53. The summed E-state index contributed by atoms with van der Waals surface area (Å²) in [5.41, 5.74) is 3.59. The number of ketones is 1. The van der Waals surface area contributed by atoms with Crippen molar-refractivity contribution in [3.63, 3.8) is 0 Å². The first kappa shape index (κ1) is 20.2. The van der Waals surface area contributed by atoms with Gasteiger partial charge in [-0.25, -0.2) is 0 Å². The molecule has 2 heterocycles. The first-order valence-electron chi connectivity index (χ1n) is 9.33. The van der Waals surface area contributed by atoms with Crippen molar-refractivity contribution in [3.05, 3.63) is 75.5 Å². The van der Waals surface area contributed by atoms with E-state index in [-0.39, 0.29) is 5.78 Å². The van der Waals surface area contributed by atoms with Crippen LogP contribution in [0.5, 0.6) is 5.75 Å². The normalized spacial score (nSPS) is 16.9. The number of allylic oxidation sites excluding steroid dienone is 4. The minimum Gasteiger partial charge on any atom is -0.493 e. The maximum atomic E-state index is 11.9. The Kier molecular flexibility index (Phi) is 7.86. The molecule has 0 N–H and O–H groups in total. The molecule has 1 unspecified atom stereocenters. The van der Waals surface area contributed by atoms with Crippen molar-refractivity contribution in [2.75, 3.05) is 6.61 Å². The van der Waals surface area contributed by atoms with Crippen molar-refractivity contribution in [3.8, 4) is 5.75 Å². The minimum atomic E-state index is 0.156. The lowest BCUT2D eigenvalue weighted by molar-refractivity contribution is 0.104. The third-order valence-electron chi connectivity index (χ3n) is 4.30. The molecule has 138 valence electrons. The third-order valence-corrected chi connectivity index (χ3v) is 5.17. The Balaban J connectivity index is 0.000000178. The molecule has 0 bridgehead atoms. The molecule has 4 rings (SSSR count). The van der Waals surface area contributed by atoms with Crippen LogP contribution in [0.1, 0.15) is 48.0 Å². The van der Waals surface area contributed by atoms with Gasteiger partial charge in [-0.3, -0.25) is 4.79 Å². The summed E-state index contributed by atoms with van der Waals surface area (Å²) in [4.78, 5) is 12.7. The first-order valence-corrected chi connectivity index (χ1v) is 10.2. The fourth-order valence-electron chi connectivity index (χ4n) is 2.84. The van der Waals surface area contributed by atoms with E-state index in [0.717, 1.165) is 35.6 Å². The van der Waals surface area contributed by atoms with Gasteiger partial charge < -0.3 is 4.74 Å². The van der Waals surface area contributed by atoms with Gasteiger partial charge in [-0.1, -0.05) is 57.2 Å². The molecule has 0 fully saturated rings. The van der Waals surface area contributed by atoms with Crippen molar-refractivity contribution >= 4 is 17.1 Å². The number of ether oxygens (including phenoxy) is 1. The summed E-state index contributed by atoms with van der Waals surface area (Å²) in [7, 11) is 0. The SMILES string of the molecule is CC.CC1C=CC(C(=O)c2cccs2)=CC1.Cc1cccc2c1CCO2. The Morgan fingerprint density at radius 2 is 2.00 bits per heavy atom. The van der Waals surface area contributed by atoms with Gasteiger partial charge in [0.05, 0.1) is 11.5 Å². The number of benzene rings is 1. The van der Waals surface area contributed by atoms with Crippen molar-refractivity contribution in [1.82, 2.24) is 0 Å². The summed E-state index contributed by atoms with van der Waals surface area (Å²) in [6.07, 6.45) is 8.13. The average molecular weight is 369 g/mol. The molecule has 0 amide bonds. The van der Waals surface area contributed by atoms with Gasteiger partial charge in [-0.05, 0) is 42.3 Å². The maximum Gasteiger partial charge on any atom is 0.202 e. The van der Waals surface area contributed by atoms with Gasteiger partial charge in [-0.15, -0.1) is 11.3 Å². The van der Waals surface area contributed by atoms with Gasteiger partial charge in [0.15, 0.2) is 0 Å². The molecule has 0 saturated carbocycles. The molecule has 2 aliphatic rings. The Bertz CT molecular complexity index is 770. The molecule has 0 spiro atoms. The average Bonchev–Trinajstić information content (AvgIpc) is 3.37. The lowest BCUT2D eigenvalue weighted by Crippen LogP contribution is -2.03. The van der Waals surface area contributed by atoms with Crippen LogP contribution >= 0.6 is 11.3 Å². The van der Waals surface area contributed by atoms with E-state index < -0.39 is 0 Å². The second kappa shape index (κ2) is 10.1. The van der Waals surface area contributed by atoms with Gasteiger partial charge in [0.2, 0.25) is 5.78 Å². The number of Topliss-reactive ketones (excluding diaryl/α,β-unsaturated/α-hetero) is 1. The number of carbonyl (C=O) groups excluding carboxylic acids is 1. The number of rotatable bonds is 2. The van der Waals surface area contributed by atoms with Crippen LogP contribution < -0.4 is 4.74 Å². The minimum absolute atomic E-state index is 0.156. The quantitative estimate of drug-likeness (QED) is 0.573. The lowest BCUT2D eigenvalue weighted by Gasteiger charge is -2.09. The lowest BCUT2D eigenvalue weighted by atomic mass is 9.96. The van der Waals surface area contributed by atoms with Crippen LogP contribution in [0.15, 0.2) is 59.5 Å². The molecule has 0 saturated heterocycles. The summed E-state index contributed by atoms with van der Waals surface area (Å²) in [6.45, 7) is 9.15. The van der Waals surface area contributed by atoms with E-state index in [1.165, 1.54) is 22.5 Å². The topological polar surface area (TPSA) is 26.3 Å². The summed E-state index contributed by atoms with van der Waals surface area (Å²) in [5.74, 6) is 1.80. The maximum absolute atomic E-state index is 11.9. The molecule has 1 aromatic carbocycles. The highest BCUT2D eigenvalue weighted by molar-refractivity contribution is 7.12. The Labute approximate surface area is 161 Å². The number of hydrogen-bond acceptors (Lipinski definition) is 3. The van der Waals surface area contributed by atoms with Crippen LogP contribution in [0.2, 0.25) is 0 Å². The molecule has 1 aliphatic carbocycles. The van der Waals surface area contributed by atoms with E-state index in [1.807, 2.05) is 55.6 Å². The number of thiophene rings is 1. The van der Waals surface area contributed by atoms with E-state index in [1.54, 1.807) is 0 Å². The Hall–Kier alpha value is -2.13. The molecular weight excluding hydrogens is 340 g/mol. The van der Waals surface area contributed by atoms with Crippen LogP contribution in [0, 0.1) is 12.8 Å². The molecule has 2 nitrogen and oxygen atoms in total. The van der Waals surface area contributed by atoms with E-state index in [2.05, 4.69) is 26.0 Å². The van der Waals surface area contributed by atoms with E-state index >= 15 is 0 Å². The first-order chi connectivity index (χ1) is 12.6. The molecule has 3 heteroatoms. The van der Waals surface area contributed by atoms with E-state index in [9.17, 15) is 4.79 Å². The smallest absolute Gasteiger partial charge is 0.202 e. The zero-order chi connectivity index (χ0) is 18.9. The fraction of sp³-hybridized carbons (Fsp3) is 0.348. The summed E-state index contributed by atoms with van der Waals surface area (Å²) in [6, 6.07) is 10.00. The summed E-state index contributed by atoms with van der Waals surface area (Å²) >= 11 is 1.50. The number of aryl methyl sites for hydroxylation is 1. The standard InChI is InChI=1S/C12H12OS.C9H10O.C2H6/c1-9-4-6-10(7-5-9)12(13)11-3-2-8-14-11;1-7-3-2-4-9-8(7)5-6-10-9;1-2/h2-4,6-9H,5H2,1H3;2-4H,5-6H2,1H3;1-2H3. The van der Waals surface area contributed by atoms with E-state index in [0.29, 0.717) is 5.92 Å². The molecule has 1 aromatic heterocycles. The zero-order valence-electron chi connectivity index (χ0n) is 16.1. The van der Waals surface area contributed by atoms with Crippen LogP contribution in [0.25, 0.3) is 0 Å². The molecule has 2 aromatic rings. The molecule has 1 atom stereocenters. The predicted molar refractivity (Wildman–Crippen MR) is 111 cm³/mol. The highest BCUT2D eigenvalue weighted by Gasteiger charge is 2.13. The molecule has 1 aliphatic heterocycles. The second-order valence-corrected chi connectivity index (χ2v) is 7.14. The van der Waals surface area contributed by atoms with Crippen molar-refractivity contribution in [1.29, 1.82) is 0 Å². The van der Waals surface area contributed by atoms with Gasteiger partial charge in [0.25, 0.3) is 0 Å². The van der Waals surface area contributed by atoms with Crippen molar-refractivity contribution in [2.24, 2.45) is 5.92 Å². The van der Waals surface area contributed by atoms with Crippen molar-refractivity contribution < 1.29 is 9.53 Å². The van der Waals surface area contributed by atoms with Gasteiger partial charge in [-0.2, -0.15) is 0 Å². The molecule has 0 radical (unpaired) electrons. The highest BCUT2D eigenvalue weighted by atomic mass is 32.1. The Morgan fingerprint density at radius 1 is 1.19 bits per heavy atom. The van der Waals surface area contributed by atoms with E-state index in [4.69, 9.17) is 4.74 Å². The van der Waals surface area contributed by atoms with Crippen LogP contribution in [0.4, 0.5) is 0 Å². The second-order valence-electron chi connectivity index (χ2n) is 6.19. The Morgan fingerprint density at radius 3 is 2.62 bits per heavy atom. The summed E-state index contributed by atoms with van der Waals surface area (Å²) in [5, 5.41) is 1.93. The largest absolute Gasteiger partial charge is 0.493 e. The molecular formula is C23H28O2S. The number of hydrogen-bond donors (Lipinski definition) is 0. The number of carbonyl (C=O) groups is 1. The molecule has 26 heavy (non-hydrogen) atoms. The number of fused-ring (bicyclic) bond motifs is 1. The third kappa shape index (κ3) is 5.18. The van der Waals surface area contributed by atoms with Gasteiger partial charge in [0.1, 0.15) is 5.75 Å². The highest BCUT2D eigenvalue weighted by Crippen LogP contribution is 2.27. The van der Waals surface area contributed by atoms with Crippen LogP contribution in [-0.4, -0.2) is 12.4 Å². The zero-order valence-corrected chi connectivity index (χ0v) is 16.9. The monoisotopic (exact) mass is 368 g/mol. The van der Waals surface area contributed by atoms with Crippen LogP contribution in [-0.2, 0) is 6.42 Å². The van der Waals surface area contributed by atoms with Crippen molar-refractivity contribution in [2.45, 2.75) is 40.5 Å². The summed E-state index contributed by atoms with van der Waals surface area (Å²) < 4.78 is 5.38. The van der Waals surface area contributed by atoms with Gasteiger partial charge >= 0.3 is 0 Å². The van der Waals surface area contributed by atoms with Gasteiger partial charge in [0, 0.05) is 17.6 Å². The predicted octanol–water partition coefficient (Wildman–Crippen LogP) is 6.41. The van der Waals surface area contributed by atoms with Crippen LogP contribution in [0.3, 0.4) is 0 Å².